The Kier molecular flexibility index (Phi) is 4.00. The van der Waals surface area contributed by atoms with Crippen LogP contribution in [0.5, 0.6) is 0 Å². The standard InChI is InChI=1S/C6H13S2/c1-6(2,3)8-5-4-7/h4-5H2,1-3H3. The summed E-state index contributed by atoms with van der Waals surface area (Å²) in [5, 5.41) is 0. The molecule has 0 aliphatic carbocycles. The molecule has 0 N–H and O–H groups in total. The second-order valence-electron chi connectivity index (χ2n) is 2.66. The average molecular weight is 149 g/mol. The van der Waals surface area contributed by atoms with Gasteiger partial charge in [-0.1, -0.05) is 33.4 Å². The largest absolute Gasteiger partial charge is 0.155 e. The predicted molar refractivity (Wildman–Crippen MR) is 44.7 cm³/mol. The lowest BCUT2D eigenvalue weighted by Gasteiger charge is -2.15. The smallest absolute Gasteiger partial charge is 0.0128 e. The molecule has 0 amide bonds. The number of hydrogen-bond donors (Lipinski definition) is 0. The average Bonchev–Trinajstić information content (AvgIpc) is 1.59. The summed E-state index contributed by atoms with van der Waals surface area (Å²) in [5.74, 6) is 1.99. The molecule has 8 heavy (non-hydrogen) atoms. The summed E-state index contributed by atoms with van der Waals surface area (Å²) in [4.78, 5) is 0. The van der Waals surface area contributed by atoms with Crippen LogP contribution in [0.3, 0.4) is 0 Å². The monoisotopic (exact) mass is 149 g/mol. The van der Waals surface area contributed by atoms with Gasteiger partial charge in [0.05, 0.1) is 0 Å². The first-order valence-corrected chi connectivity index (χ1v) is 4.34. The van der Waals surface area contributed by atoms with Gasteiger partial charge in [-0.15, -0.1) is 0 Å². The SMILES string of the molecule is CC(C)(C)SCC[S]. The quantitative estimate of drug-likeness (QED) is 0.582. The maximum Gasteiger partial charge on any atom is 0.0128 e. The third-order valence-electron chi connectivity index (χ3n) is 0.618. The van der Waals surface area contributed by atoms with Crippen molar-refractivity contribution in [2.45, 2.75) is 25.5 Å². The van der Waals surface area contributed by atoms with E-state index in [4.69, 9.17) is 12.6 Å². The van der Waals surface area contributed by atoms with E-state index in [1.165, 1.54) is 0 Å². The Balaban J connectivity index is 3.11. The zero-order chi connectivity index (χ0) is 6.62. The molecule has 0 atom stereocenters. The molecule has 0 aromatic carbocycles. The van der Waals surface area contributed by atoms with E-state index in [2.05, 4.69) is 20.8 Å². The van der Waals surface area contributed by atoms with Crippen LogP contribution in [0.1, 0.15) is 20.8 Å². The van der Waals surface area contributed by atoms with Crippen LogP contribution in [0.4, 0.5) is 0 Å². The van der Waals surface area contributed by atoms with Gasteiger partial charge < -0.3 is 0 Å². The van der Waals surface area contributed by atoms with E-state index < -0.39 is 0 Å². The lowest BCUT2D eigenvalue weighted by molar-refractivity contribution is 0.804. The summed E-state index contributed by atoms with van der Waals surface area (Å²) in [6, 6.07) is 0. The van der Waals surface area contributed by atoms with Gasteiger partial charge in [-0.2, -0.15) is 11.8 Å². The van der Waals surface area contributed by atoms with E-state index in [0.717, 1.165) is 11.5 Å². The molecule has 0 fully saturated rings. The molecule has 0 spiro atoms. The van der Waals surface area contributed by atoms with E-state index >= 15 is 0 Å². The zero-order valence-corrected chi connectivity index (χ0v) is 7.36. The first-order chi connectivity index (χ1) is 3.56. The molecular weight excluding hydrogens is 136 g/mol. The highest BCUT2D eigenvalue weighted by Gasteiger charge is 2.08. The fourth-order valence-corrected chi connectivity index (χ4v) is 1.29. The molecule has 0 aliphatic heterocycles. The Bertz CT molecular complexity index is 54.0. The van der Waals surface area contributed by atoms with Crippen LogP contribution in [0.15, 0.2) is 0 Å². The van der Waals surface area contributed by atoms with E-state index in [0.29, 0.717) is 4.75 Å². The molecule has 1 radical (unpaired) electrons. The molecule has 0 aromatic heterocycles. The van der Waals surface area contributed by atoms with Crippen molar-refractivity contribution in [1.82, 2.24) is 0 Å². The topological polar surface area (TPSA) is 0 Å². The highest BCUT2D eigenvalue weighted by atomic mass is 32.2. The van der Waals surface area contributed by atoms with Crippen molar-refractivity contribution in [1.29, 1.82) is 0 Å². The van der Waals surface area contributed by atoms with Gasteiger partial charge in [0, 0.05) is 16.3 Å². The molecule has 0 aromatic rings. The summed E-state index contributed by atoms with van der Waals surface area (Å²) >= 11 is 6.73. The molecule has 0 nitrogen and oxygen atoms in total. The van der Waals surface area contributed by atoms with E-state index in [1.807, 2.05) is 11.8 Å². The van der Waals surface area contributed by atoms with Crippen molar-refractivity contribution >= 4 is 24.4 Å². The molecule has 0 bridgehead atoms. The van der Waals surface area contributed by atoms with Gasteiger partial charge in [-0.3, -0.25) is 0 Å². The van der Waals surface area contributed by atoms with Gasteiger partial charge in [0.15, 0.2) is 0 Å². The Morgan fingerprint density at radius 2 is 1.88 bits per heavy atom. The van der Waals surface area contributed by atoms with Crippen molar-refractivity contribution in [3.05, 3.63) is 0 Å². The lowest BCUT2D eigenvalue weighted by atomic mass is 10.3. The van der Waals surface area contributed by atoms with Crippen molar-refractivity contribution < 1.29 is 0 Å². The Morgan fingerprint density at radius 3 is 2.00 bits per heavy atom. The second kappa shape index (κ2) is 3.67. The summed E-state index contributed by atoms with van der Waals surface area (Å²) in [6.07, 6.45) is 0. The van der Waals surface area contributed by atoms with Crippen LogP contribution in [0, 0.1) is 0 Å². The van der Waals surface area contributed by atoms with E-state index in [-0.39, 0.29) is 0 Å². The first-order valence-electron chi connectivity index (χ1n) is 2.78. The summed E-state index contributed by atoms with van der Waals surface area (Å²) in [6.45, 7) is 6.63. The molecule has 2 heteroatoms. The Labute approximate surface area is 61.8 Å². The minimum Gasteiger partial charge on any atom is -0.155 e. The fraction of sp³-hybridized carbons (Fsp3) is 1.00. The van der Waals surface area contributed by atoms with E-state index in [1.54, 1.807) is 0 Å². The van der Waals surface area contributed by atoms with Gasteiger partial charge >= 0.3 is 0 Å². The molecule has 0 saturated carbocycles. The summed E-state index contributed by atoms with van der Waals surface area (Å²) in [7, 11) is 0. The van der Waals surface area contributed by atoms with Gasteiger partial charge in [0.1, 0.15) is 0 Å². The Morgan fingerprint density at radius 1 is 1.38 bits per heavy atom. The summed E-state index contributed by atoms with van der Waals surface area (Å²) in [5.41, 5.74) is 0. The molecule has 0 heterocycles. The maximum absolute atomic E-state index is 4.80. The molecule has 0 rings (SSSR count). The van der Waals surface area contributed by atoms with Gasteiger partial charge in [0.2, 0.25) is 0 Å². The molecule has 0 unspecified atom stereocenters. The molecule has 0 aliphatic rings. The van der Waals surface area contributed by atoms with Crippen LogP contribution in [-0.2, 0) is 0 Å². The molecular formula is C6H13S2. The van der Waals surface area contributed by atoms with Crippen LogP contribution >= 0.6 is 24.4 Å². The van der Waals surface area contributed by atoms with Gasteiger partial charge in [-0.05, 0) is 0 Å². The van der Waals surface area contributed by atoms with Gasteiger partial charge in [-0.25, -0.2) is 0 Å². The van der Waals surface area contributed by atoms with Crippen LogP contribution in [0.2, 0.25) is 0 Å². The van der Waals surface area contributed by atoms with Gasteiger partial charge in [0.25, 0.3) is 0 Å². The zero-order valence-electron chi connectivity index (χ0n) is 5.73. The highest BCUT2D eigenvalue weighted by Crippen LogP contribution is 2.22. The number of rotatable bonds is 2. The van der Waals surface area contributed by atoms with Crippen LogP contribution < -0.4 is 0 Å². The fourth-order valence-electron chi connectivity index (χ4n) is 0.348. The van der Waals surface area contributed by atoms with Crippen molar-refractivity contribution in [3.8, 4) is 0 Å². The normalized spacial score (nSPS) is 12.0. The third kappa shape index (κ3) is 6.70. The second-order valence-corrected chi connectivity index (χ2v) is 4.99. The first kappa shape index (κ1) is 8.70. The predicted octanol–water partition coefficient (Wildman–Crippen LogP) is 2.72. The van der Waals surface area contributed by atoms with Crippen molar-refractivity contribution in [3.63, 3.8) is 0 Å². The highest BCUT2D eigenvalue weighted by molar-refractivity contribution is 8.01. The van der Waals surface area contributed by atoms with Crippen LogP contribution in [0.25, 0.3) is 0 Å². The minimum absolute atomic E-state index is 0.402. The molecule has 0 saturated heterocycles. The Hall–Kier alpha value is 0.700. The maximum atomic E-state index is 4.80. The van der Waals surface area contributed by atoms with Crippen molar-refractivity contribution in [2.75, 3.05) is 11.5 Å². The van der Waals surface area contributed by atoms with E-state index in [9.17, 15) is 0 Å². The minimum atomic E-state index is 0.402. The number of thioether (sulfide) groups is 1. The lowest BCUT2D eigenvalue weighted by Crippen LogP contribution is -2.08. The van der Waals surface area contributed by atoms with Crippen molar-refractivity contribution in [2.24, 2.45) is 0 Å². The third-order valence-corrected chi connectivity index (χ3v) is 2.36. The molecule has 49 valence electrons. The van der Waals surface area contributed by atoms with Crippen LogP contribution in [-0.4, -0.2) is 16.3 Å². The number of hydrogen-bond acceptors (Lipinski definition) is 1. The summed E-state index contributed by atoms with van der Waals surface area (Å²) < 4.78 is 0.402.